The Labute approximate surface area is 147 Å². The number of amides is 2. The van der Waals surface area contributed by atoms with E-state index >= 15 is 0 Å². The van der Waals surface area contributed by atoms with Gasteiger partial charge in [-0.2, -0.15) is 0 Å². The highest BCUT2D eigenvalue weighted by Crippen LogP contribution is 2.04. The highest BCUT2D eigenvalue weighted by molar-refractivity contribution is 5.83. The van der Waals surface area contributed by atoms with Crippen LogP contribution in [0.15, 0.2) is 49.1 Å². The van der Waals surface area contributed by atoms with Crippen molar-refractivity contribution < 1.29 is 18.9 Å². The topological polar surface area (TPSA) is 76.2 Å². The molecule has 0 aliphatic heterocycles. The van der Waals surface area contributed by atoms with Crippen molar-refractivity contribution >= 4 is 12.0 Å². The smallest absolute Gasteiger partial charge is 0.328 e. The van der Waals surface area contributed by atoms with Crippen LogP contribution in [0.5, 0.6) is 0 Å². The summed E-state index contributed by atoms with van der Waals surface area (Å²) in [5.41, 5.74) is 0.957. The molecule has 2 amide bonds. The number of rotatable bonds is 8. The van der Waals surface area contributed by atoms with Gasteiger partial charge in [0.05, 0.1) is 20.7 Å². The molecule has 2 N–H and O–H groups in total. The van der Waals surface area contributed by atoms with Crippen molar-refractivity contribution in [3.05, 3.63) is 54.6 Å². The maximum absolute atomic E-state index is 12.0. The number of carbonyl (C=O) groups excluding carboxylic acids is 2. The number of nitrogens with zero attached hydrogens (tertiary/aromatic N) is 2. The van der Waals surface area contributed by atoms with E-state index in [0.29, 0.717) is 13.0 Å². The number of methoxy groups -OCH3 is 1. The zero-order chi connectivity index (χ0) is 18.1. The summed E-state index contributed by atoms with van der Waals surface area (Å²) in [4.78, 5) is 23.9. The number of esters is 1. The van der Waals surface area contributed by atoms with E-state index in [-0.39, 0.29) is 6.03 Å². The van der Waals surface area contributed by atoms with Gasteiger partial charge in [-0.25, -0.2) is 18.7 Å². The van der Waals surface area contributed by atoms with E-state index in [1.54, 1.807) is 0 Å². The molecule has 0 fully saturated rings. The quantitative estimate of drug-likeness (QED) is 0.422. The first-order valence-corrected chi connectivity index (χ1v) is 8.25. The van der Waals surface area contributed by atoms with Gasteiger partial charge in [0, 0.05) is 19.4 Å². The van der Waals surface area contributed by atoms with Crippen molar-refractivity contribution in [1.29, 1.82) is 0 Å². The monoisotopic (exact) mass is 345 g/mol. The average Bonchev–Trinajstić information content (AvgIpc) is 3.03. The summed E-state index contributed by atoms with van der Waals surface area (Å²) in [5.74, 6) is -0.459. The number of aromatic nitrogens is 2. The molecule has 7 nitrogen and oxygen atoms in total. The molecule has 0 saturated heterocycles. The van der Waals surface area contributed by atoms with E-state index in [4.69, 9.17) is 4.74 Å². The van der Waals surface area contributed by atoms with Crippen LogP contribution < -0.4 is 15.2 Å². The van der Waals surface area contributed by atoms with Gasteiger partial charge in [-0.15, -0.1) is 0 Å². The minimum absolute atomic E-state index is 0.371. The zero-order valence-electron chi connectivity index (χ0n) is 14.6. The van der Waals surface area contributed by atoms with Crippen LogP contribution in [-0.4, -0.2) is 36.3 Å². The highest BCUT2D eigenvalue weighted by atomic mass is 16.5. The molecule has 1 aromatic heterocycles. The molecular weight excluding hydrogens is 320 g/mol. The lowest BCUT2D eigenvalue weighted by molar-refractivity contribution is -0.671. The van der Waals surface area contributed by atoms with Crippen molar-refractivity contribution in [2.45, 2.75) is 25.4 Å². The molecule has 0 spiro atoms. The maximum Gasteiger partial charge on any atom is 0.328 e. The minimum atomic E-state index is -0.712. The first-order chi connectivity index (χ1) is 12.1. The van der Waals surface area contributed by atoms with Gasteiger partial charge in [0.1, 0.15) is 18.4 Å². The first kappa shape index (κ1) is 18.5. The summed E-state index contributed by atoms with van der Waals surface area (Å²) < 4.78 is 8.79. The number of ether oxygens (including phenoxy) is 1. The van der Waals surface area contributed by atoms with Gasteiger partial charge in [0.15, 0.2) is 0 Å². The summed E-state index contributed by atoms with van der Waals surface area (Å²) in [7, 11) is 3.28. The Bertz CT molecular complexity index is 685. The van der Waals surface area contributed by atoms with E-state index < -0.39 is 12.0 Å². The van der Waals surface area contributed by atoms with Crippen molar-refractivity contribution in [3.8, 4) is 0 Å². The molecule has 134 valence electrons. The molecule has 0 unspecified atom stereocenters. The lowest BCUT2D eigenvalue weighted by Gasteiger charge is -2.17. The number of benzene rings is 1. The molecule has 1 heterocycles. The van der Waals surface area contributed by atoms with Gasteiger partial charge in [-0.3, -0.25) is 0 Å². The second-order valence-corrected chi connectivity index (χ2v) is 5.84. The van der Waals surface area contributed by atoms with Crippen LogP contribution in [0.1, 0.15) is 12.0 Å². The Morgan fingerprint density at radius 3 is 2.68 bits per heavy atom. The number of urea groups is 1. The maximum atomic E-state index is 12.0. The van der Waals surface area contributed by atoms with Crippen molar-refractivity contribution in [2.75, 3.05) is 13.7 Å². The third kappa shape index (κ3) is 6.29. The average molecular weight is 345 g/mol. The fourth-order valence-electron chi connectivity index (χ4n) is 2.49. The van der Waals surface area contributed by atoms with Crippen molar-refractivity contribution in [2.24, 2.45) is 7.05 Å². The van der Waals surface area contributed by atoms with Crippen molar-refractivity contribution in [1.82, 2.24) is 15.2 Å². The van der Waals surface area contributed by atoms with Crippen LogP contribution >= 0.6 is 0 Å². The molecule has 7 heteroatoms. The van der Waals surface area contributed by atoms with Gasteiger partial charge in [0.2, 0.25) is 6.33 Å². The van der Waals surface area contributed by atoms with Crippen LogP contribution in [0, 0.1) is 0 Å². The van der Waals surface area contributed by atoms with Crippen LogP contribution in [0.2, 0.25) is 0 Å². The number of aryl methyl sites for hydroxylation is 2. The fourth-order valence-corrected chi connectivity index (χ4v) is 2.49. The lowest BCUT2D eigenvalue weighted by Crippen LogP contribution is -2.47. The van der Waals surface area contributed by atoms with Crippen molar-refractivity contribution in [3.63, 3.8) is 0 Å². The summed E-state index contributed by atoms with van der Waals surface area (Å²) >= 11 is 0. The Balaban J connectivity index is 1.77. The normalized spacial score (nSPS) is 11.6. The molecule has 0 radical (unpaired) electrons. The van der Waals surface area contributed by atoms with E-state index in [1.165, 1.54) is 7.11 Å². The molecular formula is C18H25N4O3+. The molecule has 1 atom stereocenters. The van der Waals surface area contributed by atoms with E-state index in [0.717, 1.165) is 18.5 Å². The standard InChI is InChI=1S/C18H24N4O3/c1-21-11-12-22(14-21)10-6-9-19-18(24)20-16(17(23)25-2)13-15-7-4-3-5-8-15/h3-5,7-8,11-12,14,16H,6,9-10,13H2,1-2H3,(H-,19,20,24)/p+1/t16-/m0/s1. The predicted octanol–water partition coefficient (Wildman–Crippen LogP) is 0.786. The summed E-state index contributed by atoms with van der Waals surface area (Å²) in [6.07, 6.45) is 7.11. The predicted molar refractivity (Wildman–Crippen MR) is 92.7 cm³/mol. The first-order valence-electron chi connectivity index (χ1n) is 8.25. The zero-order valence-corrected chi connectivity index (χ0v) is 14.6. The summed E-state index contributed by atoms with van der Waals surface area (Å²) in [5, 5.41) is 5.46. The Morgan fingerprint density at radius 1 is 1.28 bits per heavy atom. The fraction of sp³-hybridized carbons (Fsp3) is 0.389. The SMILES string of the molecule is COC(=O)[C@H](Cc1ccccc1)NC(=O)NCCCn1cc[n+](C)c1. The third-order valence-electron chi connectivity index (χ3n) is 3.78. The second kappa shape index (κ2) is 9.46. The molecule has 0 bridgehead atoms. The van der Waals surface area contributed by atoms with Crippen LogP contribution in [0.25, 0.3) is 0 Å². The largest absolute Gasteiger partial charge is 0.467 e. The molecule has 1 aromatic carbocycles. The molecule has 25 heavy (non-hydrogen) atoms. The van der Waals surface area contributed by atoms with Crippen LogP contribution in [0.3, 0.4) is 0 Å². The number of nitrogens with one attached hydrogen (secondary N) is 2. The Kier molecular flexibility index (Phi) is 7.00. The second-order valence-electron chi connectivity index (χ2n) is 5.84. The van der Waals surface area contributed by atoms with Gasteiger partial charge in [-0.1, -0.05) is 30.3 Å². The summed E-state index contributed by atoms with van der Waals surface area (Å²) in [6.45, 7) is 1.33. The van der Waals surface area contributed by atoms with Crippen LogP contribution in [-0.2, 0) is 29.5 Å². The van der Waals surface area contributed by atoms with E-state index in [2.05, 4.69) is 10.6 Å². The number of carbonyl (C=O) groups is 2. The molecule has 0 aliphatic rings. The molecule has 2 aromatic rings. The van der Waals surface area contributed by atoms with Gasteiger partial charge in [0.25, 0.3) is 0 Å². The molecule has 0 saturated carbocycles. The van der Waals surface area contributed by atoms with E-state index in [9.17, 15) is 9.59 Å². The lowest BCUT2D eigenvalue weighted by atomic mass is 10.1. The summed E-state index contributed by atoms with van der Waals surface area (Å²) in [6, 6.07) is 8.43. The highest BCUT2D eigenvalue weighted by Gasteiger charge is 2.21. The van der Waals surface area contributed by atoms with E-state index in [1.807, 2.05) is 65.2 Å². The van der Waals surface area contributed by atoms with Gasteiger partial charge >= 0.3 is 12.0 Å². The molecule has 2 rings (SSSR count). The Morgan fingerprint density at radius 2 is 2.04 bits per heavy atom. The number of hydrogen-bond acceptors (Lipinski definition) is 3. The minimum Gasteiger partial charge on any atom is -0.467 e. The van der Waals surface area contributed by atoms with Gasteiger partial charge < -0.3 is 15.4 Å². The number of imidazole rings is 1. The number of hydrogen-bond donors (Lipinski definition) is 2. The Hall–Kier alpha value is -2.83. The van der Waals surface area contributed by atoms with Crippen LogP contribution in [0.4, 0.5) is 4.79 Å². The molecule has 0 aliphatic carbocycles. The third-order valence-corrected chi connectivity index (χ3v) is 3.78. The van der Waals surface area contributed by atoms with Gasteiger partial charge in [-0.05, 0) is 5.56 Å².